The minimum atomic E-state index is -0.0692. The lowest BCUT2D eigenvalue weighted by Gasteiger charge is -2.07. The Labute approximate surface area is 126 Å². The number of rotatable bonds is 3. The van der Waals surface area contributed by atoms with Gasteiger partial charge in [0.1, 0.15) is 0 Å². The Morgan fingerprint density at radius 1 is 1.33 bits per heavy atom. The number of benzene rings is 1. The fourth-order valence-corrected chi connectivity index (χ4v) is 2.55. The molecule has 0 radical (unpaired) electrons. The van der Waals surface area contributed by atoms with Crippen molar-refractivity contribution in [3.8, 4) is 0 Å². The second kappa shape index (κ2) is 5.33. The van der Waals surface area contributed by atoms with Crippen LogP contribution in [0.2, 0.25) is 5.02 Å². The van der Waals surface area contributed by atoms with Crippen molar-refractivity contribution in [2.75, 3.05) is 0 Å². The molecule has 3 aromatic rings. The van der Waals surface area contributed by atoms with Crippen LogP contribution in [-0.2, 0) is 13.1 Å². The van der Waals surface area contributed by atoms with Crippen molar-refractivity contribution in [1.29, 1.82) is 0 Å². The van der Waals surface area contributed by atoms with E-state index in [1.807, 2.05) is 18.5 Å². The van der Waals surface area contributed by atoms with Gasteiger partial charge in [-0.05, 0) is 32.0 Å². The molecule has 3 rings (SSSR count). The SMILES string of the molecule is CCn1ncc(Cn2cnc3cc(Cl)ccc3c2=O)c1C. The molecule has 0 atom stereocenters. The molecule has 0 aliphatic heterocycles. The molecular weight excluding hydrogens is 288 g/mol. The molecule has 1 aromatic carbocycles. The number of fused-ring (bicyclic) bond motifs is 1. The molecule has 0 unspecified atom stereocenters. The fourth-order valence-electron chi connectivity index (χ4n) is 2.39. The molecule has 0 fully saturated rings. The van der Waals surface area contributed by atoms with Gasteiger partial charge < -0.3 is 0 Å². The van der Waals surface area contributed by atoms with Crippen LogP contribution < -0.4 is 5.56 Å². The van der Waals surface area contributed by atoms with Crippen molar-refractivity contribution in [3.63, 3.8) is 0 Å². The number of halogens is 1. The summed E-state index contributed by atoms with van der Waals surface area (Å²) in [6.07, 6.45) is 3.36. The number of nitrogens with zero attached hydrogens (tertiary/aromatic N) is 4. The summed E-state index contributed by atoms with van der Waals surface area (Å²) in [5.74, 6) is 0. The zero-order valence-corrected chi connectivity index (χ0v) is 12.6. The molecule has 5 nitrogen and oxygen atoms in total. The highest BCUT2D eigenvalue weighted by molar-refractivity contribution is 6.31. The number of hydrogen-bond donors (Lipinski definition) is 0. The Morgan fingerprint density at radius 3 is 2.86 bits per heavy atom. The number of hydrogen-bond acceptors (Lipinski definition) is 3. The molecule has 6 heteroatoms. The van der Waals surface area contributed by atoms with Gasteiger partial charge in [0.15, 0.2) is 0 Å². The summed E-state index contributed by atoms with van der Waals surface area (Å²) < 4.78 is 3.51. The van der Waals surface area contributed by atoms with Gasteiger partial charge in [-0.25, -0.2) is 4.98 Å². The summed E-state index contributed by atoms with van der Waals surface area (Å²) in [6, 6.07) is 5.12. The average molecular weight is 303 g/mol. The van der Waals surface area contributed by atoms with Crippen LogP contribution in [0.25, 0.3) is 10.9 Å². The van der Waals surface area contributed by atoms with Gasteiger partial charge in [-0.2, -0.15) is 5.10 Å². The van der Waals surface area contributed by atoms with Crippen molar-refractivity contribution < 1.29 is 0 Å². The fraction of sp³-hybridized carbons (Fsp3) is 0.267. The first-order chi connectivity index (χ1) is 10.1. The van der Waals surface area contributed by atoms with Crippen molar-refractivity contribution >= 4 is 22.5 Å². The second-order valence-electron chi connectivity index (χ2n) is 4.91. The number of aryl methyl sites for hydroxylation is 1. The van der Waals surface area contributed by atoms with Gasteiger partial charge in [-0.3, -0.25) is 14.0 Å². The standard InChI is InChI=1S/C15H15ClN4O/c1-3-20-10(2)11(7-18-20)8-19-9-17-14-6-12(16)4-5-13(14)15(19)21/h4-7,9H,3,8H2,1-2H3. The van der Waals surface area contributed by atoms with E-state index in [4.69, 9.17) is 11.6 Å². The molecular formula is C15H15ClN4O. The highest BCUT2D eigenvalue weighted by Crippen LogP contribution is 2.15. The molecule has 0 spiro atoms. The number of aromatic nitrogens is 4. The first-order valence-electron chi connectivity index (χ1n) is 6.76. The van der Waals surface area contributed by atoms with Gasteiger partial charge in [0.05, 0.1) is 30.0 Å². The minimum absolute atomic E-state index is 0.0692. The van der Waals surface area contributed by atoms with Crippen LogP contribution in [0, 0.1) is 6.92 Å². The van der Waals surface area contributed by atoms with Crippen LogP contribution in [0.15, 0.2) is 35.5 Å². The molecule has 21 heavy (non-hydrogen) atoms. The zero-order chi connectivity index (χ0) is 15.0. The predicted molar refractivity (Wildman–Crippen MR) is 82.8 cm³/mol. The Bertz CT molecular complexity index is 866. The van der Waals surface area contributed by atoms with Gasteiger partial charge in [0.25, 0.3) is 5.56 Å². The zero-order valence-electron chi connectivity index (χ0n) is 11.9. The van der Waals surface area contributed by atoms with Gasteiger partial charge in [0, 0.05) is 22.8 Å². The minimum Gasteiger partial charge on any atom is -0.294 e. The lowest BCUT2D eigenvalue weighted by atomic mass is 10.2. The van der Waals surface area contributed by atoms with E-state index in [1.54, 1.807) is 35.3 Å². The Hall–Kier alpha value is -2.14. The van der Waals surface area contributed by atoms with Crippen LogP contribution in [0.3, 0.4) is 0 Å². The molecule has 2 aromatic heterocycles. The Kier molecular flexibility index (Phi) is 3.51. The van der Waals surface area contributed by atoms with E-state index in [1.165, 1.54) is 0 Å². The van der Waals surface area contributed by atoms with E-state index in [9.17, 15) is 4.79 Å². The van der Waals surface area contributed by atoms with Crippen molar-refractivity contribution in [1.82, 2.24) is 19.3 Å². The largest absolute Gasteiger partial charge is 0.294 e. The molecule has 2 heterocycles. The van der Waals surface area contributed by atoms with E-state index < -0.39 is 0 Å². The Morgan fingerprint density at radius 2 is 2.14 bits per heavy atom. The summed E-state index contributed by atoms with van der Waals surface area (Å²) in [4.78, 5) is 16.8. The molecule has 0 saturated heterocycles. The first-order valence-corrected chi connectivity index (χ1v) is 7.14. The van der Waals surface area contributed by atoms with Gasteiger partial charge in [-0.15, -0.1) is 0 Å². The summed E-state index contributed by atoms with van der Waals surface area (Å²) in [5, 5.41) is 5.45. The smallest absolute Gasteiger partial charge is 0.261 e. The third-order valence-electron chi connectivity index (χ3n) is 3.63. The topological polar surface area (TPSA) is 52.7 Å². The highest BCUT2D eigenvalue weighted by Gasteiger charge is 2.09. The normalized spacial score (nSPS) is 11.2. The third kappa shape index (κ3) is 2.45. The van der Waals surface area contributed by atoms with E-state index in [2.05, 4.69) is 10.1 Å². The van der Waals surface area contributed by atoms with Gasteiger partial charge in [-0.1, -0.05) is 11.6 Å². The van der Waals surface area contributed by atoms with Crippen LogP contribution in [-0.4, -0.2) is 19.3 Å². The van der Waals surface area contributed by atoms with Crippen LogP contribution in [0.1, 0.15) is 18.2 Å². The van der Waals surface area contributed by atoms with Crippen molar-refractivity contribution in [2.45, 2.75) is 26.9 Å². The van der Waals surface area contributed by atoms with Gasteiger partial charge in [0.2, 0.25) is 0 Å². The monoisotopic (exact) mass is 302 g/mol. The molecule has 0 aliphatic rings. The summed E-state index contributed by atoms with van der Waals surface area (Å²) in [7, 11) is 0. The molecule has 0 bridgehead atoms. The van der Waals surface area contributed by atoms with E-state index in [-0.39, 0.29) is 5.56 Å². The third-order valence-corrected chi connectivity index (χ3v) is 3.87. The lowest BCUT2D eigenvalue weighted by molar-refractivity contribution is 0.636. The van der Waals surface area contributed by atoms with Crippen LogP contribution in [0.4, 0.5) is 0 Å². The Balaban J connectivity index is 2.05. The summed E-state index contributed by atoms with van der Waals surface area (Å²) in [5.41, 5.74) is 2.64. The maximum atomic E-state index is 12.5. The highest BCUT2D eigenvalue weighted by atomic mass is 35.5. The van der Waals surface area contributed by atoms with E-state index >= 15 is 0 Å². The second-order valence-corrected chi connectivity index (χ2v) is 5.35. The molecule has 0 aliphatic carbocycles. The molecule has 0 saturated carbocycles. The maximum absolute atomic E-state index is 12.5. The summed E-state index contributed by atoms with van der Waals surface area (Å²) >= 11 is 5.92. The first kappa shape index (κ1) is 13.8. The average Bonchev–Trinajstić information content (AvgIpc) is 2.82. The molecule has 0 amide bonds. The van der Waals surface area contributed by atoms with E-state index in [0.717, 1.165) is 17.8 Å². The van der Waals surface area contributed by atoms with Crippen molar-refractivity contribution in [3.05, 3.63) is 57.4 Å². The van der Waals surface area contributed by atoms with E-state index in [0.29, 0.717) is 22.5 Å². The summed E-state index contributed by atoms with van der Waals surface area (Å²) in [6.45, 7) is 5.33. The maximum Gasteiger partial charge on any atom is 0.261 e. The van der Waals surface area contributed by atoms with Gasteiger partial charge >= 0.3 is 0 Å². The van der Waals surface area contributed by atoms with Crippen LogP contribution >= 0.6 is 11.6 Å². The quantitative estimate of drug-likeness (QED) is 0.747. The van der Waals surface area contributed by atoms with Crippen LogP contribution in [0.5, 0.6) is 0 Å². The lowest BCUT2D eigenvalue weighted by Crippen LogP contribution is -2.21. The molecule has 0 N–H and O–H groups in total. The van der Waals surface area contributed by atoms with Crippen molar-refractivity contribution in [2.24, 2.45) is 0 Å². The predicted octanol–water partition coefficient (Wildman–Crippen LogP) is 2.62. The molecule has 108 valence electrons.